The lowest BCUT2D eigenvalue weighted by molar-refractivity contribution is 0.642. The van der Waals surface area contributed by atoms with Gasteiger partial charge in [0.05, 0.1) is 0 Å². The molecule has 2 nitrogen and oxygen atoms in total. The lowest BCUT2D eigenvalue weighted by atomic mass is 10.0. The first-order chi connectivity index (χ1) is 6.84. The topological polar surface area (TPSA) is 24.9 Å². The molecule has 14 heavy (non-hydrogen) atoms. The summed E-state index contributed by atoms with van der Waals surface area (Å²) in [7, 11) is 0. The number of nitrogens with one attached hydrogen (secondary N) is 1. The molecule has 1 unspecified atom stereocenters. The van der Waals surface area contributed by atoms with Gasteiger partial charge in [0, 0.05) is 11.7 Å². The third-order valence-corrected chi connectivity index (χ3v) is 2.51. The van der Waals surface area contributed by atoms with Crippen LogP contribution in [0.4, 0.5) is 5.82 Å². The highest BCUT2D eigenvalue weighted by Gasteiger charge is 2.09. The zero-order valence-corrected chi connectivity index (χ0v) is 8.53. The molecule has 2 rings (SSSR count). The predicted molar refractivity (Wildman–Crippen MR) is 59.4 cm³/mol. The normalized spacial score (nSPS) is 20.8. The van der Waals surface area contributed by atoms with Crippen LogP contribution in [0, 0.1) is 6.92 Å². The largest absolute Gasteiger partial charge is 0.367 e. The number of anilines is 1. The fraction of sp³-hybridized carbons (Fsp3) is 0.417. The van der Waals surface area contributed by atoms with Crippen LogP contribution < -0.4 is 5.32 Å². The molecule has 0 saturated carbocycles. The van der Waals surface area contributed by atoms with Crippen molar-refractivity contribution in [3.63, 3.8) is 0 Å². The standard InChI is InChI=1S/C12H16N2/c1-10-6-5-9-12(13-10)14-11-7-3-2-4-8-11/h2-3,5-6,9,11H,4,7-8H2,1H3,(H,13,14). The van der Waals surface area contributed by atoms with E-state index in [9.17, 15) is 0 Å². The van der Waals surface area contributed by atoms with Crippen molar-refractivity contribution in [2.45, 2.75) is 32.2 Å². The Kier molecular flexibility index (Phi) is 2.82. The molecule has 1 heterocycles. The molecular weight excluding hydrogens is 172 g/mol. The van der Waals surface area contributed by atoms with Crippen LogP contribution >= 0.6 is 0 Å². The molecule has 1 N–H and O–H groups in total. The number of pyridine rings is 1. The van der Waals surface area contributed by atoms with Gasteiger partial charge in [-0.15, -0.1) is 0 Å². The second-order valence-corrected chi connectivity index (χ2v) is 3.79. The van der Waals surface area contributed by atoms with Crippen LogP contribution in [0.3, 0.4) is 0 Å². The minimum atomic E-state index is 0.564. The van der Waals surface area contributed by atoms with E-state index in [0.717, 1.165) is 17.9 Å². The van der Waals surface area contributed by atoms with Gasteiger partial charge in [0.25, 0.3) is 0 Å². The Hall–Kier alpha value is -1.31. The van der Waals surface area contributed by atoms with Crippen LogP contribution in [0.2, 0.25) is 0 Å². The molecule has 0 spiro atoms. The van der Waals surface area contributed by atoms with Gasteiger partial charge in [0.15, 0.2) is 0 Å². The highest BCUT2D eigenvalue weighted by molar-refractivity contribution is 5.36. The maximum Gasteiger partial charge on any atom is 0.126 e. The molecule has 0 fully saturated rings. The van der Waals surface area contributed by atoms with Gasteiger partial charge in [-0.1, -0.05) is 18.2 Å². The van der Waals surface area contributed by atoms with Gasteiger partial charge in [-0.25, -0.2) is 4.98 Å². The second kappa shape index (κ2) is 4.27. The maximum absolute atomic E-state index is 4.43. The van der Waals surface area contributed by atoms with E-state index in [4.69, 9.17) is 0 Å². The first-order valence-electron chi connectivity index (χ1n) is 5.20. The van der Waals surface area contributed by atoms with E-state index in [1.807, 2.05) is 25.1 Å². The highest BCUT2D eigenvalue weighted by atomic mass is 15.0. The molecule has 0 saturated heterocycles. The van der Waals surface area contributed by atoms with Gasteiger partial charge in [0.1, 0.15) is 5.82 Å². The fourth-order valence-electron chi connectivity index (χ4n) is 1.76. The Morgan fingerprint density at radius 1 is 1.36 bits per heavy atom. The predicted octanol–water partition coefficient (Wildman–Crippen LogP) is 2.91. The summed E-state index contributed by atoms with van der Waals surface area (Å²) in [6.07, 6.45) is 8.02. The molecule has 1 atom stereocenters. The van der Waals surface area contributed by atoms with E-state index in [0.29, 0.717) is 6.04 Å². The zero-order chi connectivity index (χ0) is 9.80. The molecule has 1 aliphatic rings. The average molecular weight is 188 g/mol. The third-order valence-electron chi connectivity index (χ3n) is 2.51. The summed E-state index contributed by atoms with van der Waals surface area (Å²) in [6.45, 7) is 2.02. The fourth-order valence-corrected chi connectivity index (χ4v) is 1.76. The molecule has 0 aromatic carbocycles. The van der Waals surface area contributed by atoms with Crippen molar-refractivity contribution in [1.82, 2.24) is 4.98 Å². The molecule has 74 valence electrons. The van der Waals surface area contributed by atoms with Crippen LogP contribution in [-0.2, 0) is 0 Å². The first kappa shape index (κ1) is 9.25. The average Bonchev–Trinajstić information content (AvgIpc) is 2.19. The Morgan fingerprint density at radius 2 is 2.29 bits per heavy atom. The monoisotopic (exact) mass is 188 g/mol. The van der Waals surface area contributed by atoms with Crippen molar-refractivity contribution in [2.24, 2.45) is 0 Å². The van der Waals surface area contributed by atoms with Crippen LogP contribution in [-0.4, -0.2) is 11.0 Å². The van der Waals surface area contributed by atoms with Gasteiger partial charge >= 0.3 is 0 Å². The van der Waals surface area contributed by atoms with Crippen molar-refractivity contribution in [1.29, 1.82) is 0 Å². The molecule has 1 aliphatic carbocycles. The summed E-state index contributed by atoms with van der Waals surface area (Å²) in [5.74, 6) is 1.00. The molecule has 2 heteroatoms. The molecular formula is C12H16N2. The van der Waals surface area contributed by atoms with Gasteiger partial charge < -0.3 is 5.32 Å². The Labute approximate surface area is 85.1 Å². The lowest BCUT2D eigenvalue weighted by Gasteiger charge is -2.19. The number of rotatable bonds is 2. The Morgan fingerprint density at radius 3 is 3.00 bits per heavy atom. The van der Waals surface area contributed by atoms with Crippen molar-refractivity contribution < 1.29 is 0 Å². The minimum Gasteiger partial charge on any atom is -0.367 e. The van der Waals surface area contributed by atoms with Crippen LogP contribution in [0.15, 0.2) is 30.4 Å². The lowest BCUT2D eigenvalue weighted by Crippen LogP contribution is -2.20. The number of allylic oxidation sites excluding steroid dienone is 1. The van der Waals surface area contributed by atoms with Gasteiger partial charge in [-0.05, 0) is 38.3 Å². The summed E-state index contributed by atoms with van der Waals surface area (Å²) < 4.78 is 0. The highest BCUT2D eigenvalue weighted by Crippen LogP contribution is 2.15. The van der Waals surface area contributed by atoms with Crippen molar-refractivity contribution in [3.05, 3.63) is 36.0 Å². The number of nitrogens with zero attached hydrogens (tertiary/aromatic N) is 1. The minimum absolute atomic E-state index is 0.564. The van der Waals surface area contributed by atoms with E-state index in [1.165, 1.54) is 12.8 Å². The van der Waals surface area contributed by atoms with Crippen molar-refractivity contribution in [2.75, 3.05) is 5.32 Å². The van der Waals surface area contributed by atoms with Gasteiger partial charge in [0.2, 0.25) is 0 Å². The van der Waals surface area contributed by atoms with Crippen LogP contribution in [0.5, 0.6) is 0 Å². The first-order valence-corrected chi connectivity index (χ1v) is 5.20. The molecule has 0 radical (unpaired) electrons. The second-order valence-electron chi connectivity index (χ2n) is 3.79. The van der Waals surface area contributed by atoms with E-state index in [1.54, 1.807) is 0 Å². The van der Waals surface area contributed by atoms with Gasteiger partial charge in [-0.3, -0.25) is 0 Å². The third kappa shape index (κ3) is 2.34. The smallest absolute Gasteiger partial charge is 0.126 e. The Bertz CT molecular complexity index is 331. The molecule has 1 aromatic heterocycles. The van der Waals surface area contributed by atoms with E-state index < -0.39 is 0 Å². The van der Waals surface area contributed by atoms with Crippen molar-refractivity contribution >= 4 is 5.82 Å². The van der Waals surface area contributed by atoms with E-state index >= 15 is 0 Å². The molecule has 0 amide bonds. The summed E-state index contributed by atoms with van der Waals surface area (Å²) in [6, 6.07) is 6.66. The number of hydrogen-bond acceptors (Lipinski definition) is 2. The molecule has 1 aromatic rings. The van der Waals surface area contributed by atoms with E-state index in [2.05, 4.69) is 22.5 Å². The van der Waals surface area contributed by atoms with Crippen LogP contribution in [0.25, 0.3) is 0 Å². The molecule has 0 bridgehead atoms. The van der Waals surface area contributed by atoms with Crippen molar-refractivity contribution in [3.8, 4) is 0 Å². The number of hydrogen-bond donors (Lipinski definition) is 1. The maximum atomic E-state index is 4.43. The number of aromatic nitrogens is 1. The Balaban J connectivity index is 1.99. The summed E-state index contributed by atoms with van der Waals surface area (Å²) >= 11 is 0. The SMILES string of the molecule is Cc1cccc(NC2CC=CCC2)n1. The number of aryl methyl sites for hydroxylation is 1. The summed E-state index contributed by atoms with van der Waals surface area (Å²) in [5.41, 5.74) is 1.07. The van der Waals surface area contributed by atoms with Gasteiger partial charge in [-0.2, -0.15) is 0 Å². The van der Waals surface area contributed by atoms with Crippen LogP contribution in [0.1, 0.15) is 25.0 Å². The van der Waals surface area contributed by atoms with E-state index in [-0.39, 0.29) is 0 Å². The quantitative estimate of drug-likeness (QED) is 0.722. The summed E-state index contributed by atoms with van der Waals surface area (Å²) in [5, 5.41) is 3.46. The zero-order valence-electron chi connectivity index (χ0n) is 8.53. The summed E-state index contributed by atoms with van der Waals surface area (Å²) in [4.78, 5) is 4.43. The molecule has 0 aliphatic heterocycles.